The summed E-state index contributed by atoms with van der Waals surface area (Å²) in [5.41, 5.74) is 0.675. The van der Waals surface area contributed by atoms with Crippen LogP contribution in [0, 0.1) is 15.9 Å². The smallest absolute Gasteiger partial charge is 0.269 e. The lowest BCUT2D eigenvalue weighted by Crippen LogP contribution is -2.36. The summed E-state index contributed by atoms with van der Waals surface area (Å²) in [6.45, 7) is 1.23. The molecular weight excluding hydrogens is 427 g/mol. The van der Waals surface area contributed by atoms with E-state index in [0.29, 0.717) is 25.3 Å². The van der Waals surface area contributed by atoms with Crippen LogP contribution in [0.4, 0.5) is 15.8 Å². The summed E-state index contributed by atoms with van der Waals surface area (Å²) in [6, 6.07) is 9.13. The highest BCUT2D eigenvalue weighted by atomic mass is 32.2. The maximum atomic E-state index is 14.3. The van der Waals surface area contributed by atoms with Crippen LogP contribution in [-0.4, -0.2) is 49.7 Å². The third-order valence-corrected chi connectivity index (χ3v) is 6.86. The van der Waals surface area contributed by atoms with Gasteiger partial charge in [-0.1, -0.05) is 6.42 Å². The molecule has 0 aromatic heterocycles. The van der Waals surface area contributed by atoms with Gasteiger partial charge in [0.05, 0.1) is 4.92 Å². The summed E-state index contributed by atoms with van der Waals surface area (Å²) in [5, 5.41) is 16.3. The van der Waals surface area contributed by atoms with Crippen molar-refractivity contribution in [2.75, 3.05) is 31.5 Å². The number of hydrogen-bond acceptors (Lipinski definition) is 6. The Kier molecular flexibility index (Phi) is 7.18. The Balaban J connectivity index is 1.59. The molecule has 0 atom stereocenters. The van der Waals surface area contributed by atoms with Gasteiger partial charge < -0.3 is 10.6 Å². The predicted octanol–water partition coefficient (Wildman–Crippen LogP) is 2.75. The van der Waals surface area contributed by atoms with Crippen molar-refractivity contribution in [3.63, 3.8) is 0 Å². The van der Waals surface area contributed by atoms with Gasteiger partial charge in [0.2, 0.25) is 10.0 Å². The highest BCUT2D eigenvalue weighted by molar-refractivity contribution is 7.89. The molecule has 1 aliphatic rings. The summed E-state index contributed by atoms with van der Waals surface area (Å²) in [7, 11) is -4.00. The highest BCUT2D eigenvalue weighted by Crippen LogP contribution is 2.24. The lowest BCUT2D eigenvalue weighted by molar-refractivity contribution is -0.384. The number of anilines is 1. The number of non-ortho nitro benzene ring substituents is 1. The number of sulfonamides is 1. The van der Waals surface area contributed by atoms with Crippen LogP contribution in [-0.2, 0) is 10.0 Å². The number of nitrogens with one attached hydrogen (secondary N) is 2. The maximum Gasteiger partial charge on any atom is 0.269 e. The van der Waals surface area contributed by atoms with Crippen molar-refractivity contribution in [3.8, 4) is 0 Å². The van der Waals surface area contributed by atoms with E-state index in [2.05, 4.69) is 10.6 Å². The summed E-state index contributed by atoms with van der Waals surface area (Å²) in [4.78, 5) is 22.1. The standard InChI is InChI=1S/C20H23FN4O5S/c21-18-9-4-15(14-19(18)31(29,30)24-12-2-1-3-13-24)20(26)23-11-10-22-16-5-7-17(8-6-16)25(27)28/h4-9,14,22H,1-3,10-13H2,(H,23,26). The van der Waals surface area contributed by atoms with Crippen LogP contribution >= 0.6 is 0 Å². The van der Waals surface area contributed by atoms with Gasteiger partial charge >= 0.3 is 0 Å². The minimum Gasteiger partial charge on any atom is -0.383 e. The fraction of sp³-hybridized carbons (Fsp3) is 0.350. The van der Waals surface area contributed by atoms with Crippen LogP contribution in [0.15, 0.2) is 47.4 Å². The Morgan fingerprint density at radius 2 is 1.74 bits per heavy atom. The average Bonchev–Trinajstić information content (AvgIpc) is 2.77. The fourth-order valence-electron chi connectivity index (χ4n) is 3.27. The number of hydrogen-bond donors (Lipinski definition) is 2. The van der Waals surface area contributed by atoms with E-state index in [1.165, 1.54) is 22.5 Å². The van der Waals surface area contributed by atoms with Crippen molar-refractivity contribution < 1.29 is 22.5 Å². The third kappa shape index (κ3) is 5.56. The largest absolute Gasteiger partial charge is 0.383 e. The van der Waals surface area contributed by atoms with Crippen molar-refractivity contribution in [2.24, 2.45) is 0 Å². The summed E-state index contributed by atoms with van der Waals surface area (Å²) in [6.07, 6.45) is 2.39. The van der Waals surface area contributed by atoms with E-state index in [9.17, 15) is 27.7 Å². The normalized spacial score (nSPS) is 14.7. The first-order valence-electron chi connectivity index (χ1n) is 9.85. The molecule has 1 aliphatic heterocycles. The van der Waals surface area contributed by atoms with Crippen molar-refractivity contribution in [1.82, 2.24) is 9.62 Å². The lowest BCUT2D eigenvalue weighted by Gasteiger charge is -2.26. The second kappa shape index (κ2) is 9.84. The second-order valence-electron chi connectivity index (χ2n) is 7.10. The fourth-order valence-corrected chi connectivity index (χ4v) is 4.88. The number of piperidine rings is 1. The van der Waals surface area contributed by atoms with E-state index in [1.807, 2.05) is 0 Å². The number of nitro groups is 1. The van der Waals surface area contributed by atoms with Crippen LogP contribution in [0.3, 0.4) is 0 Å². The zero-order valence-corrected chi connectivity index (χ0v) is 17.5. The van der Waals surface area contributed by atoms with Gasteiger partial charge in [-0.05, 0) is 43.2 Å². The molecule has 2 aromatic rings. The highest BCUT2D eigenvalue weighted by Gasteiger charge is 2.29. The van der Waals surface area contributed by atoms with E-state index in [4.69, 9.17) is 0 Å². The van der Waals surface area contributed by atoms with Crippen molar-refractivity contribution in [3.05, 3.63) is 64.0 Å². The molecule has 1 amide bonds. The van der Waals surface area contributed by atoms with Gasteiger partial charge in [-0.3, -0.25) is 14.9 Å². The van der Waals surface area contributed by atoms with Gasteiger partial charge in [0, 0.05) is 49.6 Å². The monoisotopic (exact) mass is 450 g/mol. The Morgan fingerprint density at radius 1 is 1.06 bits per heavy atom. The quantitative estimate of drug-likeness (QED) is 0.362. The van der Waals surface area contributed by atoms with E-state index in [0.717, 1.165) is 31.4 Å². The molecule has 1 fully saturated rings. The summed E-state index contributed by atoms with van der Waals surface area (Å²) < 4.78 is 41.1. The SMILES string of the molecule is O=C(NCCNc1ccc([N+](=O)[O-])cc1)c1ccc(F)c(S(=O)(=O)N2CCCCC2)c1. The summed E-state index contributed by atoms with van der Waals surface area (Å²) >= 11 is 0. The third-order valence-electron chi connectivity index (χ3n) is 4.94. The maximum absolute atomic E-state index is 14.3. The number of nitro benzene ring substituents is 1. The Hall–Kier alpha value is -3.05. The first-order chi connectivity index (χ1) is 14.8. The molecule has 1 saturated heterocycles. The molecule has 0 unspecified atom stereocenters. The zero-order valence-electron chi connectivity index (χ0n) is 16.7. The van der Waals surface area contributed by atoms with Crippen LogP contribution in [0.2, 0.25) is 0 Å². The molecule has 31 heavy (non-hydrogen) atoms. The molecule has 1 heterocycles. The van der Waals surface area contributed by atoms with E-state index >= 15 is 0 Å². The van der Waals surface area contributed by atoms with Gasteiger partial charge in [0.25, 0.3) is 11.6 Å². The molecule has 0 saturated carbocycles. The van der Waals surface area contributed by atoms with Gasteiger partial charge in [-0.25, -0.2) is 12.8 Å². The molecule has 11 heteroatoms. The molecule has 2 N–H and O–H groups in total. The van der Waals surface area contributed by atoms with E-state index in [-0.39, 0.29) is 17.8 Å². The molecule has 0 radical (unpaired) electrons. The predicted molar refractivity (Wildman–Crippen MR) is 113 cm³/mol. The number of benzene rings is 2. The van der Waals surface area contributed by atoms with Gasteiger partial charge in [0.1, 0.15) is 10.7 Å². The van der Waals surface area contributed by atoms with Gasteiger partial charge in [-0.15, -0.1) is 0 Å². The Labute approximate surface area is 179 Å². The van der Waals surface area contributed by atoms with Gasteiger partial charge in [-0.2, -0.15) is 4.31 Å². The first-order valence-corrected chi connectivity index (χ1v) is 11.3. The minimum atomic E-state index is -4.00. The van der Waals surface area contributed by atoms with Crippen molar-refractivity contribution in [2.45, 2.75) is 24.2 Å². The Morgan fingerprint density at radius 3 is 2.39 bits per heavy atom. The van der Waals surface area contributed by atoms with Crippen LogP contribution in [0.5, 0.6) is 0 Å². The number of rotatable bonds is 8. The summed E-state index contributed by atoms with van der Waals surface area (Å²) in [5.74, 6) is -1.41. The van der Waals surface area contributed by atoms with Gasteiger partial charge in [0.15, 0.2) is 0 Å². The number of nitrogens with zero attached hydrogens (tertiary/aromatic N) is 2. The Bertz CT molecular complexity index is 1050. The molecule has 0 aliphatic carbocycles. The van der Waals surface area contributed by atoms with E-state index < -0.39 is 31.6 Å². The molecule has 3 rings (SSSR count). The number of carbonyl (C=O) groups is 1. The van der Waals surface area contributed by atoms with Crippen molar-refractivity contribution in [1.29, 1.82) is 0 Å². The second-order valence-corrected chi connectivity index (χ2v) is 9.00. The lowest BCUT2D eigenvalue weighted by atomic mass is 10.2. The van der Waals surface area contributed by atoms with Crippen LogP contribution < -0.4 is 10.6 Å². The number of amides is 1. The molecular formula is C20H23FN4O5S. The molecule has 9 nitrogen and oxygen atoms in total. The molecule has 0 bridgehead atoms. The minimum absolute atomic E-state index is 0.0227. The molecule has 0 spiro atoms. The number of carbonyl (C=O) groups excluding carboxylic acids is 1. The molecule has 2 aromatic carbocycles. The number of halogens is 1. The van der Waals surface area contributed by atoms with Crippen LogP contribution in [0.1, 0.15) is 29.6 Å². The first kappa shape index (κ1) is 22.6. The van der Waals surface area contributed by atoms with E-state index in [1.54, 1.807) is 12.1 Å². The van der Waals surface area contributed by atoms with Crippen molar-refractivity contribution >= 4 is 27.3 Å². The average molecular weight is 450 g/mol. The zero-order chi connectivity index (χ0) is 22.4. The molecule has 166 valence electrons. The van der Waals surface area contributed by atoms with Crippen LogP contribution in [0.25, 0.3) is 0 Å². The topological polar surface area (TPSA) is 122 Å².